The van der Waals surface area contributed by atoms with Crippen molar-refractivity contribution in [3.8, 4) is 0 Å². The molecule has 1 aromatic rings. The maximum absolute atomic E-state index is 11.6. The minimum absolute atomic E-state index is 0.199. The third-order valence-electron chi connectivity index (χ3n) is 3.75. The summed E-state index contributed by atoms with van der Waals surface area (Å²) in [5, 5.41) is 0. The van der Waals surface area contributed by atoms with E-state index in [1.54, 1.807) is 0 Å². The number of aromatic nitrogens is 2. The molecule has 0 radical (unpaired) electrons. The van der Waals surface area contributed by atoms with Gasteiger partial charge in [0.25, 0.3) is 0 Å². The van der Waals surface area contributed by atoms with E-state index in [9.17, 15) is 4.79 Å². The molecule has 1 aromatic heterocycles. The minimum atomic E-state index is -0.493. The monoisotopic (exact) mass is 281 g/mol. The molecule has 0 aromatic carbocycles. The van der Waals surface area contributed by atoms with Crippen molar-refractivity contribution >= 4 is 11.8 Å². The van der Waals surface area contributed by atoms with E-state index in [2.05, 4.69) is 9.72 Å². The first-order chi connectivity index (χ1) is 9.67. The van der Waals surface area contributed by atoms with Crippen LogP contribution in [0.2, 0.25) is 0 Å². The van der Waals surface area contributed by atoms with E-state index in [-0.39, 0.29) is 5.69 Å². The third kappa shape index (κ3) is 3.12. The van der Waals surface area contributed by atoms with Crippen molar-refractivity contribution < 1.29 is 14.3 Å². The van der Waals surface area contributed by atoms with Crippen LogP contribution < -0.4 is 5.73 Å². The second-order valence-electron chi connectivity index (χ2n) is 5.04. The normalized spacial score (nSPS) is 15.7. The molecule has 0 saturated heterocycles. The van der Waals surface area contributed by atoms with E-state index >= 15 is 0 Å². The Balaban J connectivity index is 2.01. The second-order valence-corrected chi connectivity index (χ2v) is 5.04. The van der Waals surface area contributed by atoms with Crippen LogP contribution in [-0.2, 0) is 22.4 Å². The molecule has 0 amide bonds. The molecule has 1 aliphatic rings. The molecule has 0 unspecified atom stereocenters. The molecule has 112 valence electrons. The van der Waals surface area contributed by atoms with Gasteiger partial charge in [-0.1, -0.05) is 19.8 Å². The van der Waals surface area contributed by atoms with Crippen molar-refractivity contribution in [1.82, 2.24) is 9.55 Å². The number of aryl methyl sites for hydroxylation is 1. The number of carbonyl (C=O) groups excluding carboxylic acids is 1. The summed E-state index contributed by atoms with van der Waals surface area (Å²) in [5.74, 6) is 0.661. The van der Waals surface area contributed by atoms with Gasteiger partial charge in [0, 0.05) is 13.0 Å². The van der Waals surface area contributed by atoms with Crippen molar-refractivity contribution in [2.24, 2.45) is 0 Å². The lowest BCUT2D eigenvalue weighted by atomic mass is 10.3. The summed E-state index contributed by atoms with van der Waals surface area (Å²) in [7, 11) is 1.33. The molecule has 2 rings (SSSR count). The van der Waals surface area contributed by atoms with Gasteiger partial charge in [-0.15, -0.1) is 0 Å². The zero-order valence-electron chi connectivity index (χ0n) is 12.2. The van der Waals surface area contributed by atoms with Gasteiger partial charge in [0.05, 0.1) is 19.8 Å². The van der Waals surface area contributed by atoms with Crippen molar-refractivity contribution in [1.29, 1.82) is 0 Å². The topological polar surface area (TPSA) is 79.4 Å². The van der Waals surface area contributed by atoms with Crippen molar-refractivity contribution in [3.05, 3.63) is 11.5 Å². The zero-order valence-corrected chi connectivity index (χ0v) is 12.2. The molecule has 1 saturated carbocycles. The average molecular weight is 281 g/mol. The summed E-state index contributed by atoms with van der Waals surface area (Å²) in [6, 6.07) is 0. The third-order valence-corrected chi connectivity index (χ3v) is 3.75. The van der Waals surface area contributed by atoms with Crippen LogP contribution in [0.3, 0.4) is 0 Å². The second kappa shape index (κ2) is 6.74. The summed E-state index contributed by atoms with van der Waals surface area (Å²) >= 11 is 0. The number of nitrogen functional groups attached to an aromatic ring is 1. The van der Waals surface area contributed by atoms with E-state index in [1.807, 2.05) is 11.5 Å². The van der Waals surface area contributed by atoms with Gasteiger partial charge >= 0.3 is 5.97 Å². The Morgan fingerprint density at radius 1 is 1.45 bits per heavy atom. The first-order valence-corrected chi connectivity index (χ1v) is 7.22. The Hall–Kier alpha value is -1.56. The van der Waals surface area contributed by atoms with Crippen molar-refractivity contribution in [2.75, 3.05) is 19.5 Å². The quantitative estimate of drug-likeness (QED) is 0.804. The Kier molecular flexibility index (Phi) is 5.00. The summed E-state index contributed by atoms with van der Waals surface area (Å²) in [5.41, 5.74) is 6.19. The molecule has 1 heterocycles. The van der Waals surface area contributed by atoms with Gasteiger partial charge in [0.1, 0.15) is 11.6 Å². The van der Waals surface area contributed by atoms with Gasteiger partial charge in [-0.25, -0.2) is 9.78 Å². The van der Waals surface area contributed by atoms with Crippen LogP contribution in [0.15, 0.2) is 0 Å². The number of methoxy groups -OCH3 is 1. The van der Waals surface area contributed by atoms with Crippen LogP contribution in [0, 0.1) is 0 Å². The largest absolute Gasteiger partial charge is 0.464 e. The number of esters is 1. The number of hydrogen-bond acceptors (Lipinski definition) is 5. The Morgan fingerprint density at radius 3 is 2.75 bits per heavy atom. The summed E-state index contributed by atoms with van der Waals surface area (Å²) < 4.78 is 12.4. The highest BCUT2D eigenvalue weighted by Gasteiger charge is 2.21. The fourth-order valence-corrected chi connectivity index (χ4v) is 2.65. The van der Waals surface area contributed by atoms with Gasteiger partial charge in [0.2, 0.25) is 0 Å². The highest BCUT2D eigenvalue weighted by atomic mass is 16.5. The highest BCUT2D eigenvalue weighted by Crippen LogP contribution is 2.21. The number of carbonyl (C=O) groups is 1. The van der Waals surface area contributed by atoms with E-state index in [0.717, 1.165) is 18.7 Å². The average Bonchev–Trinajstić information content (AvgIpc) is 3.07. The summed E-state index contributed by atoms with van der Waals surface area (Å²) in [4.78, 5) is 15.8. The molecule has 0 atom stereocenters. The Morgan fingerprint density at radius 2 is 2.15 bits per heavy atom. The van der Waals surface area contributed by atoms with Crippen LogP contribution in [-0.4, -0.2) is 35.3 Å². The molecule has 0 bridgehead atoms. The van der Waals surface area contributed by atoms with Crippen molar-refractivity contribution in [2.45, 2.75) is 51.7 Å². The van der Waals surface area contributed by atoms with E-state index in [4.69, 9.17) is 10.5 Å². The highest BCUT2D eigenvalue weighted by molar-refractivity contribution is 5.92. The van der Waals surface area contributed by atoms with Crippen LogP contribution in [0.4, 0.5) is 5.82 Å². The lowest BCUT2D eigenvalue weighted by molar-refractivity contribution is 0.0527. The Labute approximate surface area is 119 Å². The number of ether oxygens (including phenoxy) is 2. The first kappa shape index (κ1) is 14.8. The number of nitrogens with zero attached hydrogens (tertiary/aromatic N) is 2. The van der Waals surface area contributed by atoms with Crippen LogP contribution in [0.25, 0.3) is 0 Å². The molecule has 1 aliphatic carbocycles. The molecular formula is C14H23N3O3. The first-order valence-electron chi connectivity index (χ1n) is 7.22. The van der Waals surface area contributed by atoms with E-state index in [1.165, 1.54) is 20.0 Å². The molecule has 6 heteroatoms. The van der Waals surface area contributed by atoms with E-state index < -0.39 is 5.97 Å². The number of imidazole rings is 1. The molecule has 2 N–H and O–H groups in total. The zero-order chi connectivity index (χ0) is 14.5. The smallest absolute Gasteiger partial charge is 0.360 e. The van der Waals surface area contributed by atoms with Gasteiger partial charge in [-0.2, -0.15) is 0 Å². The molecule has 0 spiro atoms. The number of rotatable bonds is 6. The standard InChI is InChI=1S/C14H23N3O3/c1-3-11-16-12(14(18)19-2)13(15)17(11)8-9-20-10-6-4-5-7-10/h10H,3-9,15H2,1-2H3. The number of hydrogen-bond donors (Lipinski definition) is 1. The lowest BCUT2D eigenvalue weighted by Crippen LogP contribution is -2.16. The maximum Gasteiger partial charge on any atom is 0.360 e. The minimum Gasteiger partial charge on any atom is -0.464 e. The molecular weight excluding hydrogens is 258 g/mol. The molecule has 1 fully saturated rings. The molecule has 6 nitrogen and oxygen atoms in total. The van der Waals surface area contributed by atoms with Gasteiger partial charge < -0.3 is 19.8 Å². The number of anilines is 1. The predicted molar refractivity (Wildman–Crippen MR) is 75.6 cm³/mol. The lowest BCUT2D eigenvalue weighted by Gasteiger charge is -2.13. The fraction of sp³-hybridized carbons (Fsp3) is 0.714. The predicted octanol–water partition coefficient (Wildman–Crippen LogP) is 1.77. The molecule has 20 heavy (non-hydrogen) atoms. The van der Waals surface area contributed by atoms with Crippen LogP contribution in [0.1, 0.15) is 48.9 Å². The Bertz CT molecular complexity index is 464. The molecule has 0 aliphatic heterocycles. The summed E-state index contributed by atoms with van der Waals surface area (Å²) in [6.07, 6.45) is 5.89. The van der Waals surface area contributed by atoms with E-state index in [0.29, 0.717) is 31.5 Å². The van der Waals surface area contributed by atoms with Crippen LogP contribution >= 0.6 is 0 Å². The summed E-state index contributed by atoms with van der Waals surface area (Å²) in [6.45, 7) is 3.20. The van der Waals surface area contributed by atoms with Gasteiger partial charge in [-0.3, -0.25) is 0 Å². The fourth-order valence-electron chi connectivity index (χ4n) is 2.65. The SMILES string of the molecule is CCc1nc(C(=O)OC)c(N)n1CCOC1CCCC1. The number of nitrogens with two attached hydrogens (primary N) is 1. The van der Waals surface area contributed by atoms with Crippen molar-refractivity contribution in [3.63, 3.8) is 0 Å². The maximum atomic E-state index is 11.6. The van der Waals surface area contributed by atoms with Gasteiger partial charge in [0.15, 0.2) is 5.69 Å². The van der Waals surface area contributed by atoms with Gasteiger partial charge in [-0.05, 0) is 12.8 Å². The van der Waals surface area contributed by atoms with Crippen LogP contribution in [0.5, 0.6) is 0 Å².